The number of anilines is 1. The van der Waals surface area contributed by atoms with E-state index in [1.807, 2.05) is 12.1 Å². The van der Waals surface area contributed by atoms with Gasteiger partial charge in [-0.1, -0.05) is 12.5 Å². The molecule has 1 aromatic carbocycles. The van der Waals surface area contributed by atoms with Crippen LogP contribution >= 0.6 is 15.9 Å². The van der Waals surface area contributed by atoms with Crippen LogP contribution in [0.25, 0.3) is 0 Å². The van der Waals surface area contributed by atoms with Crippen LogP contribution in [0.3, 0.4) is 0 Å². The first-order valence-corrected chi connectivity index (χ1v) is 8.58. The van der Waals surface area contributed by atoms with Gasteiger partial charge in [0.15, 0.2) is 5.82 Å². The number of nitrogens with zero attached hydrogens (tertiary/aromatic N) is 2. The topological polar surface area (TPSA) is 32.5 Å². The highest BCUT2D eigenvalue weighted by Gasteiger charge is 2.34. The number of halogens is 2. The molecular weight excluding hydrogens is 333 g/mol. The van der Waals surface area contributed by atoms with Crippen molar-refractivity contribution in [1.82, 2.24) is 4.90 Å². The Labute approximate surface area is 134 Å². The number of piperidine rings is 1. The average Bonchev–Trinajstić information content (AvgIpc) is 2.49. The zero-order valence-corrected chi connectivity index (χ0v) is 14.1. The van der Waals surface area contributed by atoms with Crippen molar-refractivity contribution in [1.29, 1.82) is 0 Å². The van der Waals surface area contributed by atoms with Crippen LogP contribution in [0.5, 0.6) is 0 Å². The molecule has 1 aromatic rings. The smallest absolute Gasteiger partial charge is 0.160 e. The van der Waals surface area contributed by atoms with Gasteiger partial charge in [-0.2, -0.15) is 0 Å². The fourth-order valence-electron chi connectivity index (χ4n) is 3.65. The second-order valence-electron chi connectivity index (χ2n) is 6.22. The van der Waals surface area contributed by atoms with E-state index in [4.69, 9.17) is 5.73 Å². The minimum absolute atomic E-state index is 0.172. The Kier molecular flexibility index (Phi) is 4.52. The van der Waals surface area contributed by atoms with Crippen molar-refractivity contribution in [3.05, 3.63) is 28.0 Å². The van der Waals surface area contributed by atoms with Gasteiger partial charge in [-0.3, -0.25) is 4.90 Å². The third-order valence-electron chi connectivity index (χ3n) is 4.86. The van der Waals surface area contributed by atoms with Gasteiger partial charge in [-0.15, -0.1) is 0 Å². The number of hydrogen-bond acceptors (Lipinski definition) is 3. The summed E-state index contributed by atoms with van der Waals surface area (Å²) < 4.78 is 15.2. The Morgan fingerprint density at radius 3 is 2.90 bits per heavy atom. The molecule has 0 spiro atoms. The summed E-state index contributed by atoms with van der Waals surface area (Å²) in [5.41, 5.74) is 7.17. The molecule has 2 N–H and O–H groups in total. The van der Waals surface area contributed by atoms with E-state index in [2.05, 4.69) is 32.7 Å². The van der Waals surface area contributed by atoms with Gasteiger partial charge in [0.2, 0.25) is 0 Å². The Bertz CT molecular complexity index is 522. The molecule has 116 valence electrons. The SMILES string of the molecule is CC1CN2CCCCC2CN1c1ccc(CN)c(Br)c1F. The van der Waals surface area contributed by atoms with Gasteiger partial charge in [-0.05, 0) is 53.9 Å². The molecular formula is C16H23BrFN3. The van der Waals surface area contributed by atoms with E-state index in [0.29, 0.717) is 28.8 Å². The van der Waals surface area contributed by atoms with Crippen LogP contribution in [0.4, 0.5) is 10.1 Å². The largest absolute Gasteiger partial charge is 0.364 e. The lowest BCUT2D eigenvalue weighted by Gasteiger charge is -2.48. The molecule has 2 fully saturated rings. The van der Waals surface area contributed by atoms with Crippen LogP contribution in [0.1, 0.15) is 31.7 Å². The first-order valence-electron chi connectivity index (χ1n) is 7.79. The molecule has 2 saturated heterocycles. The summed E-state index contributed by atoms with van der Waals surface area (Å²) in [6, 6.07) is 4.73. The minimum Gasteiger partial charge on any atom is -0.364 e. The highest BCUT2D eigenvalue weighted by Crippen LogP contribution is 2.33. The summed E-state index contributed by atoms with van der Waals surface area (Å²) in [6.07, 6.45) is 3.82. The van der Waals surface area contributed by atoms with E-state index in [0.717, 1.165) is 18.7 Å². The Hall–Kier alpha value is -0.650. The van der Waals surface area contributed by atoms with Gasteiger partial charge in [0.05, 0.1) is 10.2 Å². The molecule has 2 aliphatic heterocycles. The van der Waals surface area contributed by atoms with Gasteiger partial charge >= 0.3 is 0 Å². The number of fused-ring (bicyclic) bond motifs is 1. The van der Waals surface area contributed by atoms with Crippen LogP contribution < -0.4 is 10.6 Å². The lowest BCUT2D eigenvalue weighted by molar-refractivity contribution is 0.115. The van der Waals surface area contributed by atoms with Crippen molar-refractivity contribution in [3.8, 4) is 0 Å². The van der Waals surface area contributed by atoms with Gasteiger partial charge in [-0.25, -0.2) is 4.39 Å². The number of rotatable bonds is 2. The molecule has 0 bridgehead atoms. The van der Waals surface area contributed by atoms with Gasteiger partial charge in [0, 0.05) is 31.7 Å². The minimum atomic E-state index is -0.172. The Balaban J connectivity index is 1.87. The fraction of sp³-hybridized carbons (Fsp3) is 0.625. The summed E-state index contributed by atoms with van der Waals surface area (Å²) >= 11 is 3.35. The molecule has 3 nitrogen and oxygen atoms in total. The fourth-order valence-corrected chi connectivity index (χ4v) is 4.14. The number of hydrogen-bond donors (Lipinski definition) is 1. The lowest BCUT2D eigenvalue weighted by atomic mass is 9.96. The molecule has 0 radical (unpaired) electrons. The van der Waals surface area contributed by atoms with Crippen molar-refractivity contribution in [2.45, 2.75) is 44.8 Å². The summed E-state index contributed by atoms with van der Waals surface area (Å²) in [4.78, 5) is 4.80. The van der Waals surface area contributed by atoms with Gasteiger partial charge in [0.1, 0.15) is 0 Å². The predicted molar refractivity (Wildman–Crippen MR) is 88.0 cm³/mol. The number of piperazine rings is 1. The standard InChI is InChI=1S/C16H23BrFN3/c1-11-9-20-7-3-2-4-13(20)10-21(11)14-6-5-12(8-19)15(17)16(14)18/h5-6,11,13H,2-4,7-10,19H2,1H3. The molecule has 2 aliphatic rings. The molecule has 2 unspecified atom stereocenters. The van der Waals surface area contributed by atoms with E-state index in [-0.39, 0.29) is 5.82 Å². The zero-order chi connectivity index (χ0) is 15.0. The highest BCUT2D eigenvalue weighted by molar-refractivity contribution is 9.10. The summed E-state index contributed by atoms with van der Waals surface area (Å²) in [6.45, 7) is 5.69. The van der Waals surface area contributed by atoms with Crippen LogP contribution in [-0.2, 0) is 6.54 Å². The maximum atomic E-state index is 14.7. The molecule has 0 aliphatic carbocycles. The Morgan fingerprint density at radius 2 is 2.14 bits per heavy atom. The van der Waals surface area contributed by atoms with Crippen molar-refractivity contribution in [3.63, 3.8) is 0 Å². The molecule has 2 heterocycles. The lowest BCUT2D eigenvalue weighted by Crippen LogP contribution is -2.59. The van der Waals surface area contributed by atoms with Crippen molar-refractivity contribution in [2.75, 3.05) is 24.5 Å². The molecule has 3 rings (SSSR count). The second-order valence-corrected chi connectivity index (χ2v) is 7.01. The van der Waals surface area contributed by atoms with Crippen LogP contribution in [0.2, 0.25) is 0 Å². The van der Waals surface area contributed by atoms with E-state index in [1.54, 1.807) is 0 Å². The molecule has 2 atom stereocenters. The normalized spacial score (nSPS) is 26.8. The summed E-state index contributed by atoms with van der Waals surface area (Å²) in [7, 11) is 0. The number of nitrogens with two attached hydrogens (primary N) is 1. The zero-order valence-electron chi connectivity index (χ0n) is 12.5. The molecule has 0 aromatic heterocycles. The first-order chi connectivity index (χ1) is 10.1. The van der Waals surface area contributed by atoms with Crippen LogP contribution in [-0.4, -0.2) is 36.6 Å². The summed E-state index contributed by atoms with van der Waals surface area (Å²) in [5, 5.41) is 0. The van der Waals surface area contributed by atoms with Gasteiger partial charge < -0.3 is 10.6 Å². The van der Waals surface area contributed by atoms with Gasteiger partial charge in [0.25, 0.3) is 0 Å². The quantitative estimate of drug-likeness (QED) is 0.884. The maximum Gasteiger partial charge on any atom is 0.160 e. The van der Waals surface area contributed by atoms with Crippen LogP contribution in [0, 0.1) is 5.82 Å². The van der Waals surface area contributed by atoms with E-state index in [1.165, 1.54) is 25.8 Å². The van der Waals surface area contributed by atoms with E-state index >= 15 is 0 Å². The highest BCUT2D eigenvalue weighted by atomic mass is 79.9. The monoisotopic (exact) mass is 355 g/mol. The van der Waals surface area contributed by atoms with E-state index < -0.39 is 0 Å². The first kappa shape index (κ1) is 15.3. The third-order valence-corrected chi connectivity index (χ3v) is 5.72. The van der Waals surface area contributed by atoms with Crippen molar-refractivity contribution < 1.29 is 4.39 Å². The molecule has 0 amide bonds. The molecule has 5 heteroatoms. The summed E-state index contributed by atoms with van der Waals surface area (Å²) in [5.74, 6) is -0.172. The number of benzene rings is 1. The van der Waals surface area contributed by atoms with Crippen molar-refractivity contribution in [2.24, 2.45) is 5.73 Å². The average molecular weight is 356 g/mol. The second kappa shape index (κ2) is 6.23. The van der Waals surface area contributed by atoms with Crippen LogP contribution in [0.15, 0.2) is 16.6 Å². The third kappa shape index (κ3) is 2.83. The Morgan fingerprint density at radius 1 is 1.33 bits per heavy atom. The van der Waals surface area contributed by atoms with E-state index in [9.17, 15) is 4.39 Å². The molecule has 21 heavy (non-hydrogen) atoms. The predicted octanol–water partition coefficient (Wildman–Crippen LogP) is 3.11. The van der Waals surface area contributed by atoms with Crippen molar-refractivity contribution >= 4 is 21.6 Å². The maximum absolute atomic E-state index is 14.7. The molecule has 0 saturated carbocycles.